The van der Waals surface area contributed by atoms with Gasteiger partial charge in [0, 0.05) is 23.2 Å². The molecular formula is C13H18BrN. The standard InChI is InChI=1S/C13H18BrN/c1-11-10-12(14)6-7-13(11)15-8-4-2-3-5-9-15/h6-7,10H,2-5,8-9H2,1H3. The van der Waals surface area contributed by atoms with E-state index in [1.165, 1.54) is 54.5 Å². The van der Waals surface area contributed by atoms with Crippen LogP contribution in [-0.4, -0.2) is 13.1 Å². The number of hydrogen-bond acceptors (Lipinski definition) is 1. The first-order valence-electron chi connectivity index (χ1n) is 5.78. The van der Waals surface area contributed by atoms with E-state index < -0.39 is 0 Å². The van der Waals surface area contributed by atoms with Crippen molar-refractivity contribution in [3.05, 3.63) is 28.2 Å². The topological polar surface area (TPSA) is 3.24 Å². The summed E-state index contributed by atoms with van der Waals surface area (Å²) in [6.07, 6.45) is 5.48. The normalized spacial score (nSPS) is 17.6. The molecule has 0 amide bonds. The largest absolute Gasteiger partial charge is 0.371 e. The molecule has 0 bridgehead atoms. The second kappa shape index (κ2) is 5.02. The fourth-order valence-electron chi connectivity index (χ4n) is 2.29. The Hall–Kier alpha value is -0.500. The molecule has 1 aliphatic rings. The summed E-state index contributed by atoms with van der Waals surface area (Å²) in [6, 6.07) is 6.60. The van der Waals surface area contributed by atoms with E-state index >= 15 is 0 Å². The lowest BCUT2D eigenvalue weighted by Crippen LogP contribution is -2.24. The predicted octanol–water partition coefficient (Wildman–Crippen LogP) is 4.14. The van der Waals surface area contributed by atoms with Gasteiger partial charge >= 0.3 is 0 Å². The molecule has 1 saturated heterocycles. The maximum Gasteiger partial charge on any atom is 0.0396 e. The van der Waals surface area contributed by atoms with Crippen molar-refractivity contribution >= 4 is 21.6 Å². The summed E-state index contributed by atoms with van der Waals surface area (Å²) in [5.74, 6) is 0. The van der Waals surface area contributed by atoms with Crippen LogP contribution in [0.25, 0.3) is 0 Å². The average molecular weight is 268 g/mol. The number of rotatable bonds is 1. The van der Waals surface area contributed by atoms with Crippen LogP contribution in [0.4, 0.5) is 5.69 Å². The molecule has 0 saturated carbocycles. The average Bonchev–Trinajstić information content (AvgIpc) is 2.46. The van der Waals surface area contributed by atoms with Crippen LogP contribution < -0.4 is 4.90 Å². The minimum absolute atomic E-state index is 1.18. The van der Waals surface area contributed by atoms with E-state index in [-0.39, 0.29) is 0 Å². The lowest BCUT2D eigenvalue weighted by molar-refractivity contribution is 0.726. The highest BCUT2D eigenvalue weighted by Crippen LogP contribution is 2.25. The predicted molar refractivity (Wildman–Crippen MR) is 69.6 cm³/mol. The van der Waals surface area contributed by atoms with Crippen LogP contribution in [0.1, 0.15) is 31.2 Å². The SMILES string of the molecule is Cc1cc(Br)ccc1N1CCCCCC1. The van der Waals surface area contributed by atoms with Gasteiger partial charge in [-0.25, -0.2) is 0 Å². The van der Waals surface area contributed by atoms with Crippen LogP contribution in [0.5, 0.6) is 0 Å². The highest BCUT2D eigenvalue weighted by atomic mass is 79.9. The van der Waals surface area contributed by atoms with Gasteiger partial charge in [-0.2, -0.15) is 0 Å². The monoisotopic (exact) mass is 267 g/mol. The first-order chi connectivity index (χ1) is 7.27. The van der Waals surface area contributed by atoms with Crippen molar-refractivity contribution in [2.24, 2.45) is 0 Å². The van der Waals surface area contributed by atoms with Crippen LogP contribution in [0.3, 0.4) is 0 Å². The summed E-state index contributed by atoms with van der Waals surface area (Å²) in [5.41, 5.74) is 2.80. The molecule has 0 radical (unpaired) electrons. The molecule has 1 heterocycles. The quantitative estimate of drug-likeness (QED) is 0.740. The molecule has 0 N–H and O–H groups in total. The molecule has 1 aromatic rings. The lowest BCUT2D eigenvalue weighted by Gasteiger charge is -2.24. The van der Waals surface area contributed by atoms with Crippen LogP contribution in [0.2, 0.25) is 0 Å². The van der Waals surface area contributed by atoms with Crippen LogP contribution in [-0.2, 0) is 0 Å². The Kier molecular flexibility index (Phi) is 3.68. The fraction of sp³-hybridized carbons (Fsp3) is 0.538. The number of anilines is 1. The van der Waals surface area contributed by atoms with Crippen LogP contribution in [0.15, 0.2) is 22.7 Å². The second-order valence-electron chi connectivity index (χ2n) is 4.33. The van der Waals surface area contributed by atoms with E-state index in [2.05, 4.69) is 46.0 Å². The first-order valence-corrected chi connectivity index (χ1v) is 6.58. The highest BCUT2D eigenvalue weighted by molar-refractivity contribution is 9.10. The van der Waals surface area contributed by atoms with E-state index in [0.717, 1.165) is 0 Å². The summed E-state index contributed by atoms with van der Waals surface area (Å²) in [4.78, 5) is 2.54. The zero-order valence-electron chi connectivity index (χ0n) is 9.30. The van der Waals surface area contributed by atoms with Gasteiger partial charge in [0.2, 0.25) is 0 Å². The molecule has 2 rings (SSSR count). The van der Waals surface area contributed by atoms with Crippen molar-refractivity contribution in [3.8, 4) is 0 Å². The van der Waals surface area contributed by atoms with Crippen molar-refractivity contribution in [1.29, 1.82) is 0 Å². The van der Waals surface area contributed by atoms with Crippen molar-refractivity contribution in [2.45, 2.75) is 32.6 Å². The van der Waals surface area contributed by atoms with Gasteiger partial charge in [0.1, 0.15) is 0 Å². The van der Waals surface area contributed by atoms with Crippen molar-refractivity contribution in [3.63, 3.8) is 0 Å². The molecule has 1 aromatic carbocycles. The number of benzene rings is 1. The zero-order valence-corrected chi connectivity index (χ0v) is 10.9. The third kappa shape index (κ3) is 2.75. The summed E-state index contributed by atoms with van der Waals surface area (Å²) in [6.45, 7) is 4.65. The number of nitrogens with zero attached hydrogens (tertiary/aromatic N) is 1. The summed E-state index contributed by atoms with van der Waals surface area (Å²) in [5, 5.41) is 0. The molecule has 0 unspecified atom stereocenters. The van der Waals surface area contributed by atoms with Gasteiger partial charge in [-0.3, -0.25) is 0 Å². The Balaban J connectivity index is 2.19. The van der Waals surface area contributed by atoms with Gasteiger partial charge in [0.15, 0.2) is 0 Å². The van der Waals surface area contributed by atoms with Crippen molar-refractivity contribution < 1.29 is 0 Å². The van der Waals surface area contributed by atoms with Gasteiger partial charge in [-0.05, 0) is 43.5 Å². The Morgan fingerprint density at radius 2 is 1.73 bits per heavy atom. The number of hydrogen-bond donors (Lipinski definition) is 0. The smallest absolute Gasteiger partial charge is 0.0396 e. The third-order valence-electron chi connectivity index (χ3n) is 3.11. The fourth-order valence-corrected chi connectivity index (χ4v) is 2.76. The summed E-state index contributed by atoms with van der Waals surface area (Å²) in [7, 11) is 0. The van der Waals surface area contributed by atoms with Gasteiger partial charge in [0.05, 0.1) is 0 Å². The van der Waals surface area contributed by atoms with Crippen LogP contribution >= 0.6 is 15.9 Å². The van der Waals surface area contributed by atoms with Gasteiger partial charge < -0.3 is 4.90 Å². The summed E-state index contributed by atoms with van der Waals surface area (Å²) < 4.78 is 1.18. The molecular weight excluding hydrogens is 250 g/mol. The second-order valence-corrected chi connectivity index (χ2v) is 5.25. The molecule has 82 valence electrons. The van der Waals surface area contributed by atoms with E-state index in [1.807, 2.05) is 0 Å². The molecule has 0 aliphatic carbocycles. The lowest BCUT2D eigenvalue weighted by atomic mass is 10.2. The molecule has 1 fully saturated rings. The maximum atomic E-state index is 3.52. The molecule has 15 heavy (non-hydrogen) atoms. The van der Waals surface area contributed by atoms with Gasteiger partial charge in [-0.15, -0.1) is 0 Å². The number of halogens is 1. The molecule has 0 spiro atoms. The highest BCUT2D eigenvalue weighted by Gasteiger charge is 2.11. The molecule has 1 nitrogen and oxygen atoms in total. The Morgan fingerprint density at radius 1 is 1.07 bits per heavy atom. The van der Waals surface area contributed by atoms with Gasteiger partial charge in [0.25, 0.3) is 0 Å². The number of aryl methyl sites for hydroxylation is 1. The van der Waals surface area contributed by atoms with Crippen molar-refractivity contribution in [2.75, 3.05) is 18.0 Å². The molecule has 0 aromatic heterocycles. The maximum absolute atomic E-state index is 3.52. The van der Waals surface area contributed by atoms with Gasteiger partial charge in [-0.1, -0.05) is 28.8 Å². The van der Waals surface area contributed by atoms with E-state index in [1.54, 1.807) is 0 Å². The molecule has 1 aliphatic heterocycles. The zero-order chi connectivity index (χ0) is 10.7. The first kappa shape index (κ1) is 11.0. The third-order valence-corrected chi connectivity index (χ3v) is 3.60. The van der Waals surface area contributed by atoms with Crippen molar-refractivity contribution in [1.82, 2.24) is 0 Å². The van der Waals surface area contributed by atoms with E-state index in [4.69, 9.17) is 0 Å². The van der Waals surface area contributed by atoms with E-state index in [0.29, 0.717) is 0 Å². The van der Waals surface area contributed by atoms with E-state index in [9.17, 15) is 0 Å². The Labute approximate surface area is 101 Å². The Morgan fingerprint density at radius 3 is 2.33 bits per heavy atom. The minimum atomic E-state index is 1.18. The molecule has 2 heteroatoms. The Bertz CT molecular complexity index is 327. The summed E-state index contributed by atoms with van der Waals surface area (Å²) >= 11 is 3.52. The van der Waals surface area contributed by atoms with Crippen LogP contribution in [0, 0.1) is 6.92 Å². The minimum Gasteiger partial charge on any atom is -0.371 e. The molecule has 0 atom stereocenters.